The summed E-state index contributed by atoms with van der Waals surface area (Å²) in [4.78, 5) is 10.6. The van der Waals surface area contributed by atoms with Crippen LogP contribution in [0.1, 0.15) is 25.4 Å². The number of hydrogen-bond donors (Lipinski definition) is 1. The van der Waals surface area contributed by atoms with Crippen molar-refractivity contribution in [1.29, 1.82) is 0 Å². The predicted molar refractivity (Wildman–Crippen MR) is 61.1 cm³/mol. The third-order valence-corrected chi connectivity index (χ3v) is 2.17. The zero-order chi connectivity index (χ0) is 11.4. The van der Waals surface area contributed by atoms with E-state index < -0.39 is 0 Å². The largest absolute Gasteiger partial charge is 0.392 e. The molecule has 0 saturated heterocycles. The van der Waals surface area contributed by atoms with Crippen molar-refractivity contribution in [3.63, 3.8) is 0 Å². The number of likely N-dealkylation sites (N-methyl/N-ethyl adjacent to an activating group) is 1. The fourth-order valence-corrected chi connectivity index (χ4v) is 1.48. The van der Waals surface area contributed by atoms with Gasteiger partial charge in [0.25, 0.3) is 0 Å². The van der Waals surface area contributed by atoms with Crippen LogP contribution in [0.25, 0.3) is 0 Å². The highest BCUT2D eigenvalue weighted by Gasteiger charge is 2.07. The summed E-state index contributed by atoms with van der Waals surface area (Å²) in [6.45, 7) is 6.31. The molecule has 0 saturated carbocycles. The molecule has 1 aromatic heterocycles. The molecule has 1 aromatic rings. The Morgan fingerprint density at radius 3 is 2.67 bits per heavy atom. The smallest absolute Gasteiger partial charge is 0.132 e. The van der Waals surface area contributed by atoms with Gasteiger partial charge in [0.1, 0.15) is 11.6 Å². The SMILES string of the molecule is CCc1cc(N(C)CC(C)O)nc(C)n1. The Hall–Kier alpha value is -1.16. The minimum absolute atomic E-state index is 0.352. The van der Waals surface area contributed by atoms with Gasteiger partial charge in [-0.3, -0.25) is 0 Å². The van der Waals surface area contributed by atoms with Crippen molar-refractivity contribution >= 4 is 5.82 Å². The molecule has 1 unspecified atom stereocenters. The molecular weight excluding hydrogens is 190 g/mol. The number of aliphatic hydroxyl groups is 1. The average Bonchev–Trinajstić information content (AvgIpc) is 2.15. The molecule has 0 fully saturated rings. The zero-order valence-corrected chi connectivity index (χ0v) is 9.86. The van der Waals surface area contributed by atoms with Crippen LogP contribution in [-0.4, -0.2) is 34.8 Å². The summed E-state index contributed by atoms with van der Waals surface area (Å²) in [5, 5.41) is 9.29. The molecule has 1 rings (SSSR count). The second-order valence-corrected chi connectivity index (χ2v) is 3.85. The molecule has 0 bridgehead atoms. The molecule has 0 spiro atoms. The second kappa shape index (κ2) is 5.07. The van der Waals surface area contributed by atoms with Crippen molar-refractivity contribution in [2.24, 2.45) is 0 Å². The molecule has 1 atom stereocenters. The summed E-state index contributed by atoms with van der Waals surface area (Å²) in [5.74, 6) is 1.65. The molecule has 0 aromatic carbocycles. The fraction of sp³-hybridized carbons (Fsp3) is 0.636. The number of anilines is 1. The number of nitrogens with zero attached hydrogens (tertiary/aromatic N) is 3. The van der Waals surface area contributed by atoms with E-state index in [2.05, 4.69) is 16.9 Å². The molecule has 1 heterocycles. The Morgan fingerprint density at radius 1 is 1.47 bits per heavy atom. The van der Waals surface area contributed by atoms with Crippen LogP contribution in [0.2, 0.25) is 0 Å². The zero-order valence-electron chi connectivity index (χ0n) is 9.86. The van der Waals surface area contributed by atoms with Gasteiger partial charge in [0.15, 0.2) is 0 Å². The van der Waals surface area contributed by atoms with Gasteiger partial charge in [0.05, 0.1) is 6.10 Å². The highest BCUT2D eigenvalue weighted by atomic mass is 16.3. The van der Waals surface area contributed by atoms with Crippen molar-refractivity contribution < 1.29 is 5.11 Å². The summed E-state index contributed by atoms with van der Waals surface area (Å²) in [5.41, 5.74) is 1.04. The third kappa shape index (κ3) is 3.47. The van der Waals surface area contributed by atoms with Crippen LogP contribution in [0, 0.1) is 6.92 Å². The Bertz CT molecular complexity index is 326. The molecule has 15 heavy (non-hydrogen) atoms. The van der Waals surface area contributed by atoms with Crippen LogP contribution in [0.4, 0.5) is 5.82 Å². The first-order valence-corrected chi connectivity index (χ1v) is 5.26. The van der Waals surface area contributed by atoms with E-state index in [9.17, 15) is 5.11 Å². The predicted octanol–water partition coefficient (Wildman–Crippen LogP) is 1.16. The van der Waals surface area contributed by atoms with Gasteiger partial charge < -0.3 is 10.0 Å². The Kier molecular flexibility index (Phi) is 4.03. The molecule has 0 aliphatic heterocycles. The van der Waals surface area contributed by atoms with E-state index in [-0.39, 0.29) is 6.10 Å². The van der Waals surface area contributed by atoms with Gasteiger partial charge in [0, 0.05) is 25.4 Å². The van der Waals surface area contributed by atoms with Crippen molar-refractivity contribution in [2.75, 3.05) is 18.5 Å². The van der Waals surface area contributed by atoms with E-state index >= 15 is 0 Å². The first-order valence-electron chi connectivity index (χ1n) is 5.26. The maximum absolute atomic E-state index is 9.29. The van der Waals surface area contributed by atoms with Crippen molar-refractivity contribution in [1.82, 2.24) is 9.97 Å². The quantitative estimate of drug-likeness (QED) is 0.808. The van der Waals surface area contributed by atoms with Crippen molar-refractivity contribution in [3.05, 3.63) is 17.6 Å². The first kappa shape index (κ1) is 11.9. The molecule has 4 nitrogen and oxygen atoms in total. The van der Waals surface area contributed by atoms with E-state index in [1.54, 1.807) is 6.92 Å². The molecule has 0 aliphatic carbocycles. The van der Waals surface area contributed by atoms with Gasteiger partial charge >= 0.3 is 0 Å². The summed E-state index contributed by atoms with van der Waals surface area (Å²) in [6, 6.07) is 1.97. The van der Waals surface area contributed by atoms with Gasteiger partial charge in [-0.25, -0.2) is 9.97 Å². The normalized spacial score (nSPS) is 12.6. The van der Waals surface area contributed by atoms with Gasteiger partial charge in [-0.1, -0.05) is 6.92 Å². The minimum atomic E-state index is -0.352. The Balaban J connectivity index is 2.88. The van der Waals surface area contributed by atoms with E-state index in [0.717, 1.165) is 23.8 Å². The summed E-state index contributed by atoms with van der Waals surface area (Å²) in [7, 11) is 1.92. The fourth-order valence-electron chi connectivity index (χ4n) is 1.48. The molecular formula is C11H19N3O. The lowest BCUT2D eigenvalue weighted by atomic mass is 10.3. The van der Waals surface area contributed by atoms with Gasteiger partial charge in [-0.15, -0.1) is 0 Å². The third-order valence-electron chi connectivity index (χ3n) is 2.17. The average molecular weight is 209 g/mol. The number of aryl methyl sites for hydroxylation is 2. The number of hydrogen-bond acceptors (Lipinski definition) is 4. The lowest BCUT2D eigenvalue weighted by molar-refractivity contribution is 0.201. The molecule has 4 heteroatoms. The van der Waals surface area contributed by atoms with Gasteiger partial charge in [-0.05, 0) is 20.3 Å². The van der Waals surface area contributed by atoms with Crippen LogP contribution < -0.4 is 4.90 Å². The minimum Gasteiger partial charge on any atom is -0.392 e. The van der Waals surface area contributed by atoms with Crippen molar-refractivity contribution in [2.45, 2.75) is 33.3 Å². The lowest BCUT2D eigenvalue weighted by Gasteiger charge is -2.20. The van der Waals surface area contributed by atoms with Gasteiger partial charge in [0.2, 0.25) is 0 Å². The molecule has 1 N–H and O–H groups in total. The number of rotatable bonds is 4. The molecule has 0 amide bonds. The Morgan fingerprint density at radius 2 is 2.13 bits per heavy atom. The Labute approximate surface area is 91.0 Å². The molecule has 0 radical (unpaired) electrons. The van der Waals surface area contributed by atoms with E-state index in [1.807, 2.05) is 24.9 Å². The summed E-state index contributed by atoms with van der Waals surface area (Å²) in [6.07, 6.45) is 0.550. The van der Waals surface area contributed by atoms with Crippen molar-refractivity contribution in [3.8, 4) is 0 Å². The number of aliphatic hydroxyl groups excluding tert-OH is 1. The maximum atomic E-state index is 9.29. The monoisotopic (exact) mass is 209 g/mol. The molecule has 0 aliphatic rings. The van der Waals surface area contributed by atoms with E-state index in [1.165, 1.54) is 0 Å². The highest BCUT2D eigenvalue weighted by molar-refractivity contribution is 5.38. The van der Waals surface area contributed by atoms with Gasteiger partial charge in [-0.2, -0.15) is 0 Å². The molecule has 84 valence electrons. The van der Waals surface area contributed by atoms with Crippen LogP contribution in [-0.2, 0) is 6.42 Å². The first-order chi connectivity index (χ1) is 7.02. The lowest BCUT2D eigenvalue weighted by Crippen LogP contribution is -2.28. The topological polar surface area (TPSA) is 49.2 Å². The van der Waals surface area contributed by atoms with E-state index in [0.29, 0.717) is 6.54 Å². The van der Waals surface area contributed by atoms with Crippen LogP contribution in [0.3, 0.4) is 0 Å². The summed E-state index contributed by atoms with van der Waals surface area (Å²) >= 11 is 0. The standard InChI is InChI=1S/C11H19N3O/c1-5-10-6-11(13-9(3)12-10)14(4)7-8(2)15/h6,8,15H,5,7H2,1-4H3. The van der Waals surface area contributed by atoms with E-state index in [4.69, 9.17) is 0 Å². The van der Waals surface area contributed by atoms with Crippen LogP contribution in [0.5, 0.6) is 0 Å². The van der Waals surface area contributed by atoms with Crippen LogP contribution in [0.15, 0.2) is 6.07 Å². The highest BCUT2D eigenvalue weighted by Crippen LogP contribution is 2.11. The van der Waals surface area contributed by atoms with Crippen LogP contribution >= 0.6 is 0 Å². The number of aromatic nitrogens is 2. The maximum Gasteiger partial charge on any atom is 0.132 e. The summed E-state index contributed by atoms with van der Waals surface area (Å²) < 4.78 is 0. The second-order valence-electron chi connectivity index (χ2n) is 3.85.